The maximum absolute atomic E-state index is 12.9. The van der Waals surface area contributed by atoms with Crippen molar-refractivity contribution in [3.63, 3.8) is 0 Å². The smallest absolute Gasteiger partial charge is 0.306 e. The van der Waals surface area contributed by atoms with E-state index in [2.05, 4.69) is 25.8 Å². The molecule has 2 heterocycles. The van der Waals surface area contributed by atoms with Crippen molar-refractivity contribution >= 4 is 11.9 Å². The van der Waals surface area contributed by atoms with E-state index >= 15 is 0 Å². The Morgan fingerprint density at radius 3 is 2.33 bits per heavy atom. The molecule has 10 atom stereocenters. The summed E-state index contributed by atoms with van der Waals surface area (Å²) in [6.45, 7) is 14.5. The number of piperidine rings is 1. The lowest BCUT2D eigenvalue weighted by Crippen LogP contribution is -3.00. The van der Waals surface area contributed by atoms with Gasteiger partial charge in [-0.3, -0.25) is 14.5 Å². The van der Waals surface area contributed by atoms with Gasteiger partial charge in [-0.15, -0.1) is 0 Å². The molecule has 6 fully saturated rings. The van der Waals surface area contributed by atoms with Crippen LogP contribution < -0.4 is 17.0 Å². The number of rotatable bonds is 5. The van der Waals surface area contributed by atoms with Crippen LogP contribution in [0.2, 0.25) is 0 Å². The minimum Gasteiger partial charge on any atom is -1.00 e. The molecule has 3 unspecified atom stereocenters. The molecular formula is C34H57BrN2O5. The van der Waals surface area contributed by atoms with Crippen molar-refractivity contribution in [3.8, 4) is 0 Å². The normalized spacial score (nSPS) is 45.0. The molecule has 0 amide bonds. The number of nitrogens with zero attached hydrogens (tertiary/aromatic N) is 2. The van der Waals surface area contributed by atoms with E-state index in [1.165, 1.54) is 58.0 Å². The summed E-state index contributed by atoms with van der Waals surface area (Å²) < 4.78 is 19.4. The van der Waals surface area contributed by atoms with Crippen molar-refractivity contribution in [3.05, 3.63) is 0 Å². The van der Waals surface area contributed by atoms with Crippen LogP contribution in [0.15, 0.2) is 0 Å². The number of carbonyl (C=O) groups excluding carboxylic acids is 2. The molecule has 4 saturated carbocycles. The van der Waals surface area contributed by atoms with Gasteiger partial charge < -0.3 is 35.7 Å². The molecule has 0 aromatic carbocycles. The Balaban J connectivity index is 0.00000353. The third-order valence-corrected chi connectivity index (χ3v) is 13.6. The Bertz CT molecular complexity index is 983. The van der Waals surface area contributed by atoms with E-state index in [0.29, 0.717) is 36.1 Å². The maximum atomic E-state index is 12.9. The van der Waals surface area contributed by atoms with Crippen LogP contribution in [-0.2, 0) is 23.8 Å². The first-order chi connectivity index (χ1) is 19.6. The summed E-state index contributed by atoms with van der Waals surface area (Å²) in [4.78, 5) is 27.6. The molecule has 0 N–H and O–H groups in total. The van der Waals surface area contributed by atoms with Crippen LogP contribution in [0, 0.1) is 34.5 Å². The second-order valence-corrected chi connectivity index (χ2v) is 15.6. The zero-order chi connectivity index (χ0) is 29.0. The number of hydrogen-bond donors (Lipinski definition) is 0. The van der Waals surface area contributed by atoms with Crippen molar-refractivity contribution in [2.45, 2.75) is 123 Å². The molecule has 6 aliphatic rings. The van der Waals surface area contributed by atoms with E-state index in [9.17, 15) is 9.59 Å². The molecule has 6 rings (SSSR count). The zero-order valence-corrected chi connectivity index (χ0v) is 28.5. The molecule has 0 aromatic rings. The lowest BCUT2D eigenvalue weighted by molar-refractivity contribution is -0.940. The summed E-state index contributed by atoms with van der Waals surface area (Å²) in [5.74, 6) is 2.44. The SMILES string of the molecule is CCC(=O)O[C@H]1[C@@H]([N+]2(C)CCCCC2)CC2C3CC[C@H]4C[C@H](OC(C)=O)[C@@H](N5CCOCC5)C[C@]4(C)C3CC[C@@]21C.[Br-]. The van der Waals surface area contributed by atoms with Crippen LogP contribution >= 0.6 is 0 Å². The summed E-state index contributed by atoms with van der Waals surface area (Å²) in [5, 5.41) is 0. The number of ether oxygens (including phenoxy) is 3. The van der Waals surface area contributed by atoms with E-state index < -0.39 is 0 Å². The highest BCUT2D eigenvalue weighted by atomic mass is 79.9. The second kappa shape index (κ2) is 12.6. The molecule has 42 heavy (non-hydrogen) atoms. The first kappa shape index (κ1) is 32.7. The van der Waals surface area contributed by atoms with Gasteiger partial charge in [0.1, 0.15) is 12.1 Å². The third kappa shape index (κ3) is 5.62. The first-order valence-corrected chi connectivity index (χ1v) is 17.1. The van der Waals surface area contributed by atoms with Gasteiger partial charge in [0.25, 0.3) is 0 Å². The third-order valence-electron chi connectivity index (χ3n) is 13.6. The molecule has 2 saturated heterocycles. The Labute approximate surface area is 265 Å². The predicted octanol–water partition coefficient (Wildman–Crippen LogP) is 2.21. The molecule has 2 aliphatic heterocycles. The summed E-state index contributed by atoms with van der Waals surface area (Å²) in [6.07, 6.45) is 12.6. The highest BCUT2D eigenvalue weighted by Crippen LogP contribution is 2.67. The molecule has 7 nitrogen and oxygen atoms in total. The van der Waals surface area contributed by atoms with Crippen molar-refractivity contribution in [2.24, 2.45) is 34.5 Å². The van der Waals surface area contributed by atoms with Gasteiger partial charge in [0, 0.05) is 44.3 Å². The van der Waals surface area contributed by atoms with Gasteiger partial charge in [-0.25, -0.2) is 0 Å². The fourth-order valence-electron chi connectivity index (χ4n) is 11.4. The van der Waals surface area contributed by atoms with Crippen LogP contribution in [-0.4, -0.2) is 92.1 Å². The van der Waals surface area contributed by atoms with Crippen molar-refractivity contribution < 1.29 is 45.3 Å². The first-order valence-electron chi connectivity index (χ1n) is 17.1. The van der Waals surface area contributed by atoms with Gasteiger partial charge >= 0.3 is 11.9 Å². The predicted molar refractivity (Wildman–Crippen MR) is 158 cm³/mol. The molecular weight excluding hydrogens is 596 g/mol. The Kier molecular flexibility index (Phi) is 9.80. The Morgan fingerprint density at radius 1 is 0.952 bits per heavy atom. The van der Waals surface area contributed by atoms with Crippen LogP contribution in [0.4, 0.5) is 0 Å². The van der Waals surface area contributed by atoms with Gasteiger partial charge in [0.05, 0.1) is 33.4 Å². The average molecular weight is 654 g/mol. The minimum absolute atomic E-state index is 0. The molecule has 0 aromatic heterocycles. The monoisotopic (exact) mass is 652 g/mol. The molecule has 8 heteroatoms. The lowest BCUT2D eigenvalue weighted by atomic mass is 9.44. The fourth-order valence-corrected chi connectivity index (χ4v) is 11.4. The summed E-state index contributed by atoms with van der Waals surface area (Å²) in [7, 11) is 2.47. The number of hydrogen-bond acceptors (Lipinski definition) is 6. The zero-order valence-electron chi connectivity index (χ0n) is 27.0. The number of fused-ring (bicyclic) bond motifs is 5. The van der Waals surface area contributed by atoms with Crippen LogP contribution in [0.1, 0.15) is 98.3 Å². The molecule has 240 valence electrons. The van der Waals surface area contributed by atoms with Gasteiger partial charge in [0.2, 0.25) is 0 Å². The largest absolute Gasteiger partial charge is 1.00 e. The van der Waals surface area contributed by atoms with E-state index in [4.69, 9.17) is 14.2 Å². The molecule has 0 spiro atoms. The number of quaternary nitrogens is 1. The average Bonchev–Trinajstić information content (AvgIpc) is 3.26. The standard InChI is InChI=1S/C34H57N2O5.BrH/c1-6-31(38)41-32-29(36(5)16-8-7-9-17-36)21-27-25-11-10-24-20-30(40-23(2)37)28(35-14-18-39-19-15-35)22-34(24,4)26(25)12-13-33(27,32)3;/h24-30,32H,6-22H2,1-5H3;1H/q+1;/p-1/t24-,25?,26?,27?,28-,29-,30-,32-,33-,34-;/m0./s1. The quantitative estimate of drug-likeness (QED) is 0.335. The van der Waals surface area contributed by atoms with Crippen LogP contribution in [0.5, 0.6) is 0 Å². The molecule has 0 radical (unpaired) electrons. The highest BCUT2D eigenvalue weighted by molar-refractivity contribution is 5.69. The number of morpholine rings is 1. The van der Waals surface area contributed by atoms with Gasteiger partial charge in [-0.1, -0.05) is 20.8 Å². The summed E-state index contributed by atoms with van der Waals surface area (Å²) in [5.41, 5.74) is 0.318. The number of halogens is 1. The summed E-state index contributed by atoms with van der Waals surface area (Å²) in [6, 6.07) is 0.703. The highest BCUT2D eigenvalue weighted by Gasteiger charge is 2.67. The number of esters is 2. The maximum Gasteiger partial charge on any atom is 0.306 e. The van der Waals surface area contributed by atoms with Crippen molar-refractivity contribution in [1.82, 2.24) is 4.90 Å². The number of carbonyl (C=O) groups is 2. The van der Waals surface area contributed by atoms with E-state index in [1.54, 1.807) is 6.92 Å². The fraction of sp³-hybridized carbons (Fsp3) is 0.941. The Hall–Kier alpha value is -0.700. The van der Waals surface area contributed by atoms with E-state index in [-0.39, 0.29) is 58.0 Å². The number of likely N-dealkylation sites (tertiary alicyclic amines) is 1. The van der Waals surface area contributed by atoms with Crippen molar-refractivity contribution in [1.29, 1.82) is 0 Å². The molecule has 4 aliphatic carbocycles. The van der Waals surface area contributed by atoms with Crippen LogP contribution in [0.25, 0.3) is 0 Å². The lowest BCUT2D eigenvalue weighted by Gasteiger charge is -2.62. The van der Waals surface area contributed by atoms with Gasteiger partial charge in [-0.05, 0) is 86.9 Å². The Morgan fingerprint density at radius 2 is 1.67 bits per heavy atom. The number of likely N-dealkylation sites (N-methyl/N-ethyl adjacent to an activating group) is 1. The summed E-state index contributed by atoms with van der Waals surface area (Å²) >= 11 is 0. The minimum atomic E-state index is -0.141. The van der Waals surface area contributed by atoms with E-state index in [0.717, 1.165) is 50.0 Å². The second-order valence-electron chi connectivity index (χ2n) is 15.6. The van der Waals surface area contributed by atoms with Gasteiger partial charge in [-0.2, -0.15) is 0 Å². The molecule has 0 bridgehead atoms. The van der Waals surface area contributed by atoms with Gasteiger partial charge in [0.15, 0.2) is 6.10 Å². The van der Waals surface area contributed by atoms with Crippen LogP contribution in [0.3, 0.4) is 0 Å². The van der Waals surface area contributed by atoms with Crippen molar-refractivity contribution in [2.75, 3.05) is 46.4 Å². The topological polar surface area (TPSA) is 65.1 Å². The van der Waals surface area contributed by atoms with E-state index in [1.807, 2.05) is 6.92 Å².